The molecule has 100 valence electrons. The van der Waals surface area contributed by atoms with Crippen LogP contribution in [0.5, 0.6) is 0 Å². The van der Waals surface area contributed by atoms with Crippen molar-refractivity contribution in [2.75, 3.05) is 11.6 Å². The van der Waals surface area contributed by atoms with Gasteiger partial charge >= 0.3 is 0 Å². The molecule has 19 heavy (non-hydrogen) atoms. The third-order valence-electron chi connectivity index (χ3n) is 3.19. The molecular weight excluding hydrogens is 257 g/mol. The highest BCUT2D eigenvalue weighted by molar-refractivity contribution is 7.98. The lowest BCUT2D eigenvalue weighted by atomic mass is 10.1. The van der Waals surface area contributed by atoms with Crippen LogP contribution in [0.3, 0.4) is 0 Å². The minimum atomic E-state index is -0.210. The van der Waals surface area contributed by atoms with Gasteiger partial charge in [-0.2, -0.15) is 0 Å². The Balaban J connectivity index is 2.15. The van der Waals surface area contributed by atoms with Crippen molar-refractivity contribution in [1.29, 1.82) is 0 Å². The lowest BCUT2D eigenvalue weighted by molar-refractivity contribution is 0.627. The second-order valence-corrected chi connectivity index (χ2v) is 5.48. The van der Waals surface area contributed by atoms with Crippen LogP contribution in [0.4, 0.5) is 10.1 Å². The van der Waals surface area contributed by atoms with Gasteiger partial charge in [0.15, 0.2) is 0 Å². The van der Waals surface area contributed by atoms with E-state index in [1.807, 2.05) is 6.92 Å². The van der Waals surface area contributed by atoms with Gasteiger partial charge < -0.3 is 5.32 Å². The van der Waals surface area contributed by atoms with E-state index in [2.05, 4.69) is 42.8 Å². The molecule has 2 aromatic rings. The molecular formula is C16H18FNS. The Labute approximate surface area is 118 Å². The first-order chi connectivity index (χ1) is 9.10. The van der Waals surface area contributed by atoms with Crippen molar-refractivity contribution in [3.05, 3.63) is 59.4 Å². The summed E-state index contributed by atoms with van der Waals surface area (Å²) in [4.78, 5) is 1.25. The number of nitrogens with one attached hydrogen (secondary N) is 1. The highest BCUT2D eigenvalue weighted by Crippen LogP contribution is 2.24. The van der Waals surface area contributed by atoms with E-state index in [-0.39, 0.29) is 11.9 Å². The lowest BCUT2D eigenvalue weighted by Gasteiger charge is -2.17. The maximum Gasteiger partial charge on any atom is 0.125 e. The summed E-state index contributed by atoms with van der Waals surface area (Å²) in [5.74, 6) is -0.210. The minimum Gasteiger partial charge on any atom is -0.378 e. The molecule has 1 atom stereocenters. The quantitative estimate of drug-likeness (QED) is 0.785. The van der Waals surface area contributed by atoms with E-state index >= 15 is 0 Å². The van der Waals surface area contributed by atoms with Crippen molar-refractivity contribution in [2.24, 2.45) is 0 Å². The average Bonchev–Trinajstić information content (AvgIpc) is 2.43. The fourth-order valence-corrected chi connectivity index (χ4v) is 2.37. The fourth-order valence-electron chi connectivity index (χ4n) is 1.96. The van der Waals surface area contributed by atoms with Gasteiger partial charge in [0.05, 0.1) is 0 Å². The van der Waals surface area contributed by atoms with Gasteiger partial charge in [-0.3, -0.25) is 0 Å². The first-order valence-electron chi connectivity index (χ1n) is 6.27. The molecule has 0 amide bonds. The molecule has 0 heterocycles. The number of rotatable bonds is 4. The second kappa shape index (κ2) is 6.11. The van der Waals surface area contributed by atoms with Gasteiger partial charge in [-0.1, -0.05) is 18.2 Å². The van der Waals surface area contributed by atoms with Crippen LogP contribution in [0.15, 0.2) is 47.4 Å². The topological polar surface area (TPSA) is 12.0 Å². The van der Waals surface area contributed by atoms with Gasteiger partial charge in [0.25, 0.3) is 0 Å². The molecule has 2 aromatic carbocycles. The fraction of sp³-hybridized carbons (Fsp3) is 0.250. The number of benzene rings is 2. The third kappa shape index (κ3) is 3.51. The Kier molecular flexibility index (Phi) is 4.48. The van der Waals surface area contributed by atoms with Crippen LogP contribution in [0.25, 0.3) is 0 Å². The van der Waals surface area contributed by atoms with E-state index in [1.54, 1.807) is 23.9 Å². The van der Waals surface area contributed by atoms with Crippen LogP contribution in [0.1, 0.15) is 24.1 Å². The number of halogens is 1. The Bertz CT molecular complexity index is 551. The predicted octanol–water partition coefficient (Wildman–Crippen LogP) is 5.03. The van der Waals surface area contributed by atoms with E-state index in [0.717, 1.165) is 11.3 Å². The molecule has 0 aliphatic rings. The molecule has 0 fully saturated rings. The van der Waals surface area contributed by atoms with Crippen LogP contribution < -0.4 is 5.32 Å². The smallest absolute Gasteiger partial charge is 0.125 e. The first kappa shape index (κ1) is 13.9. The summed E-state index contributed by atoms with van der Waals surface area (Å²) in [5.41, 5.74) is 3.09. The van der Waals surface area contributed by atoms with E-state index in [9.17, 15) is 4.39 Å². The van der Waals surface area contributed by atoms with Crippen LogP contribution in [0, 0.1) is 12.7 Å². The number of thioether (sulfide) groups is 1. The van der Waals surface area contributed by atoms with Crippen LogP contribution in [0.2, 0.25) is 0 Å². The Morgan fingerprint density at radius 3 is 2.42 bits per heavy atom. The molecule has 0 saturated heterocycles. The lowest BCUT2D eigenvalue weighted by Crippen LogP contribution is -2.07. The molecule has 2 rings (SSSR count). The minimum absolute atomic E-state index is 0.149. The normalized spacial score (nSPS) is 12.2. The molecule has 1 unspecified atom stereocenters. The molecule has 0 aliphatic heterocycles. The zero-order chi connectivity index (χ0) is 13.8. The summed E-state index contributed by atoms with van der Waals surface area (Å²) >= 11 is 1.73. The predicted molar refractivity (Wildman–Crippen MR) is 81.4 cm³/mol. The molecule has 0 bridgehead atoms. The number of aryl methyl sites for hydroxylation is 1. The molecule has 0 spiro atoms. The zero-order valence-corrected chi connectivity index (χ0v) is 12.2. The summed E-state index contributed by atoms with van der Waals surface area (Å²) in [6.45, 7) is 4.06. The maximum atomic E-state index is 13.3. The van der Waals surface area contributed by atoms with Crippen molar-refractivity contribution < 1.29 is 4.39 Å². The van der Waals surface area contributed by atoms with Gasteiger partial charge in [0.2, 0.25) is 0 Å². The summed E-state index contributed by atoms with van der Waals surface area (Å²) < 4.78 is 13.3. The van der Waals surface area contributed by atoms with Crippen molar-refractivity contribution in [3.63, 3.8) is 0 Å². The molecule has 3 heteroatoms. The SMILES string of the molecule is CSc1ccc(C(C)Nc2cc(F)ccc2C)cc1. The van der Waals surface area contributed by atoms with Gasteiger partial charge in [-0.05, 0) is 55.5 Å². The highest BCUT2D eigenvalue weighted by atomic mass is 32.2. The van der Waals surface area contributed by atoms with E-state index < -0.39 is 0 Å². The maximum absolute atomic E-state index is 13.3. The first-order valence-corrected chi connectivity index (χ1v) is 7.49. The van der Waals surface area contributed by atoms with E-state index in [0.29, 0.717) is 0 Å². The number of hydrogen-bond acceptors (Lipinski definition) is 2. The summed E-state index contributed by atoms with van der Waals surface area (Å²) in [7, 11) is 0. The van der Waals surface area contributed by atoms with Crippen LogP contribution in [-0.4, -0.2) is 6.26 Å². The Morgan fingerprint density at radius 2 is 1.79 bits per heavy atom. The molecule has 0 aliphatic carbocycles. The van der Waals surface area contributed by atoms with E-state index in [4.69, 9.17) is 0 Å². The van der Waals surface area contributed by atoms with Crippen molar-refractivity contribution in [3.8, 4) is 0 Å². The summed E-state index contributed by atoms with van der Waals surface area (Å²) in [5, 5.41) is 3.36. The van der Waals surface area contributed by atoms with Crippen molar-refractivity contribution in [1.82, 2.24) is 0 Å². The Morgan fingerprint density at radius 1 is 1.11 bits per heavy atom. The summed E-state index contributed by atoms with van der Waals surface area (Å²) in [6.07, 6.45) is 2.06. The second-order valence-electron chi connectivity index (χ2n) is 4.60. The standard InChI is InChI=1S/C16H18FNS/c1-11-4-7-14(17)10-16(11)18-12(2)13-5-8-15(19-3)9-6-13/h4-10,12,18H,1-3H3. The number of hydrogen-bond donors (Lipinski definition) is 1. The van der Waals surface area contributed by atoms with Crippen molar-refractivity contribution in [2.45, 2.75) is 24.8 Å². The van der Waals surface area contributed by atoms with Crippen LogP contribution >= 0.6 is 11.8 Å². The van der Waals surface area contributed by atoms with Gasteiger partial charge in [0, 0.05) is 16.6 Å². The molecule has 0 saturated carbocycles. The third-order valence-corrected chi connectivity index (χ3v) is 3.93. The molecule has 0 radical (unpaired) electrons. The monoisotopic (exact) mass is 275 g/mol. The Hall–Kier alpha value is -1.48. The van der Waals surface area contributed by atoms with Gasteiger partial charge in [-0.15, -0.1) is 11.8 Å². The molecule has 0 aromatic heterocycles. The van der Waals surface area contributed by atoms with Crippen molar-refractivity contribution >= 4 is 17.4 Å². The molecule has 1 nitrogen and oxygen atoms in total. The van der Waals surface area contributed by atoms with Gasteiger partial charge in [-0.25, -0.2) is 4.39 Å². The van der Waals surface area contributed by atoms with Gasteiger partial charge in [0.1, 0.15) is 5.82 Å². The largest absolute Gasteiger partial charge is 0.378 e. The van der Waals surface area contributed by atoms with Crippen LogP contribution in [-0.2, 0) is 0 Å². The zero-order valence-electron chi connectivity index (χ0n) is 11.4. The summed E-state index contributed by atoms with van der Waals surface area (Å²) in [6, 6.07) is 13.4. The van der Waals surface area contributed by atoms with E-state index in [1.165, 1.54) is 16.5 Å². The highest BCUT2D eigenvalue weighted by Gasteiger charge is 2.07. The molecule has 1 N–H and O–H groups in total. The average molecular weight is 275 g/mol. The number of anilines is 1.